The predicted molar refractivity (Wildman–Crippen MR) is 158 cm³/mol. The molecule has 3 aromatic carbocycles. The van der Waals surface area contributed by atoms with Crippen LogP contribution in [-0.2, 0) is 23.8 Å². The molecule has 4 rings (SSSR count). The zero-order valence-electron chi connectivity index (χ0n) is 23.6. The summed E-state index contributed by atoms with van der Waals surface area (Å²) in [6.07, 6.45) is 1.14. The highest BCUT2D eigenvalue weighted by Crippen LogP contribution is 2.47. The minimum absolute atomic E-state index is 0.0292. The molecule has 43 heavy (non-hydrogen) atoms. The van der Waals surface area contributed by atoms with Crippen LogP contribution in [0.1, 0.15) is 57.5 Å². The molecule has 0 spiro atoms. The first-order chi connectivity index (χ1) is 20.6. The number of benzene rings is 3. The van der Waals surface area contributed by atoms with Gasteiger partial charge < -0.3 is 18.9 Å². The van der Waals surface area contributed by atoms with Gasteiger partial charge >= 0.3 is 17.9 Å². The Hall–Kier alpha value is -4.70. The van der Waals surface area contributed by atoms with Gasteiger partial charge in [-0.1, -0.05) is 32.2 Å². The van der Waals surface area contributed by atoms with Crippen LogP contribution in [0.25, 0.3) is 11.1 Å². The van der Waals surface area contributed by atoms with Crippen LogP contribution in [0.5, 0.6) is 5.75 Å². The number of hydrogen-bond acceptors (Lipinski definition) is 9. The lowest BCUT2D eigenvalue weighted by Gasteiger charge is -2.11. The van der Waals surface area contributed by atoms with E-state index < -0.39 is 23.7 Å². The molecule has 1 aliphatic rings. The molecular formula is C33H29FO8S. The number of fused-ring (bicyclic) bond motifs is 3. The van der Waals surface area contributed by atoms with E-state index >= 15 is 0 Å². The number of carbonyl (C=O) groups is 4. The molecule has 0 amide bonds. The number of ether oxygens (including phenoxy) is 4. The molecule has 3 aromatic rings. The number of carbonyl (C=O) groups excluding carboxylic acids is 4. The Morgan fingerprint density at radius 3 is 2.40 bits per heavy atom. The van der Waals surface area contributed by atoms with Crippen molar-refractivity contribution < 1.29 is 42.5 Å². The lowest BCUT2D eigenvalue weighted by molar-refractivity contribution is -0.144. The van der Waals surface area contributed by atoms with Gasteiger partial charge in [0.15, 0.2) is 0 Å². The van der Waals surface area contributed by atoms with Crippen molar-refractivity contribution in [2.75, 3.05) is 20.3 Å². The Labute approximate surface area is 252 Å². The first-order valence-electron chi connectivity index (χ1n) is 13.3. The van der Waals surface area contributed by atoms with E-state index in [-0.39, 0.29) is 40.8 Å². The average Bonchev–Trinajstić information content (AvgIpc) is 3.27. The summed E-state index contributed by atoms with van der Waals surface area (Å²) in [6, 6.07) is 15.2. The van der Waals surface area contributed by atoms with Crippen LogP contribution in [0.15, 0.2) is 84.5 Å². The van der Waals surface area contributed by atoms with Crippen LogP contribution in [-0.4, -0.2) is 43.3 Å². The molecule has 0 saturated heterocycles. The van der Waals surface area contributed by atoms with Crippen LogP contribution in [0.3, 0.4) is 0 Å². The van der Waals surface area contributed by atoms with Crippen molar-refractivity contribution in [1.82, 2.24) is 0 Å². The predicted octanol–water partition coefficient (Wildman–Crippen LogP) is 6.62. The lowest BCUT2D eigenvalue weighted by Crippen LogP contribution is -2.13. The van der Waals surface area contributed by atoms with Gasteiger partial charge in [0.05, 0.1) is 38.6 Å². The summed E-state index contributed by atoms with van der Waals surface area (Å²) in [5.41, 5.74) is 4.13. The van der Waals surface area contributed by atoms with Gasteiger partial charge in [-0.05, 0) is 76.5 Å². The maximum Gasteiger partial charge on any atom is 0.345 e. The lowest BCUT2D eigenvalue weighted by atomic mass is 9.99. The topological polar surface area (TPSA) is 105 Å². The van der Waals surface area contributed by atoms with Crippen molar-refractivity contribution in [3.63, 3.8) is 0 Å². The monoisotopic (exact) mass is 604 g/mol. The smallest absolute Gasteiger partial charge is 0.345 e. The molecule has 0 radical (unpaired) electrons. The average molecular weight is 605 g/mol. The number of halogens is 1. The summed E-state index contributed by atoms with van der Waals surface area (Å²) in [5.74, 6) is -2.23. The second-order valence-electron chi connectivity index (χ2n) is 9.57. The third-order valence-corrected chi connectivity index (χ3v) is 7.67. The van der Waals surface area contributed by atoms with Gasteiger partial charge in [0.1, 0.15) is 11.6 Å². The number of rotatable bonds is 12. The summed E-state index contributed by atoms with van der Waals surface area (Å²) in [4.78, 5) is 48.5. The highest BCUT2D eigenvalue weighted by Gasteiger charge is 2.27. The zero-order chi connectivity index (χ0) is 31.1. The van der Waals surface area contributed by atoms with Crippen LogP contribution in [0.4, 0.5) is 4.39 Å². The molecule has 0 bridgehead atoms. The molecule has 1 aliphatic carbocycles. The van der Waals surface area contributed by atoms with Crippen LogP contribution in [0.2, 0.25) is 0 Å². The van der Waals surface area contributed by atoms with Gasteiger partial charge in [0.2, 0.25) is 5.12 Å². The van der Waals surface area contributed by atoms with Gasteiger partial charge in [-0.25, -0.2) is 14.0 Å². The largest absolute Gasteiger partial charge is 0.493 e. The third kappa shape index (κ3) is 7.39. The number of hydrogen-bond donors (Lipinski definition) is 0. The van der Waals surface area contributed by atoms with Gasteiger partial charge in [0, 0.05) is 28.4 Å². The van der Waals surface area contributed by atoms with Crippen molar-refractivity contribution >= 4 is 34.8 Å². The van der Waals surface area contributed by atoms with Gasteiger partial charge in [0.25, 0.3) is 0 Å². The number of esters is 3. The summed E-state index contributed by atoms with van der Waals surface area (Å²) < 4.78 is 34.5. The minimum atomic E-state index is -0.888. The molecule has 8 nitrogen and oxygen atoms in total. The Morgan fingerprint density at radius 1 is 0.977 bits per heavy atom. The van der Waals surface area contributed by atoms with E-state index in [0.717, 1.165) is 46.3 Å². The van der Waals surface area contributed by atoms with Crippen molar-refractivity contribution in [3.8, 4) is 16.9 Å². The standard InChI is InChI=1S/C33H29FO8S/c1-5-40-32(37)26-10-7-21(16-29(26)34)33(38)43-23-9-12-25-24-11-8-22(17-27(24)20(3)28(25)18-23)41-13-6-14-42-31(36)19(2)15-30(35)39-4/h5,7-12,16-18,20H,1-2,6,13-15H2,3-4H3. The van der Waals surface area contributed by atoms with Crippen LogP contribution < -0.4 is 4.74 Å². The Kier molecular flexibility index (Phi) is 10.2. The fourth-order valence-electron chi connectivity index (χ4n) is 4.56. The first kappa shape index (κ1) is 31.2. The molecule has 0 saturated carbocycles. The van der Waals surface area contributed by atoms with Crippen molar-refractivity contribution in [2.24, 2.45) is 0 Å². The number of methoxy groups -OCH3 is 1. The molecule has 0 aliphatic heterocycles. The molecule has 1 unspecified atom stereocenters. The molecule has 0 heterocycles. The van der Waals surface area contributed by atoms with Crippen LogP contribution >= 0.6 is 11.8 Å². The van der Waals surface area contributed by atoms with Crippen molar-refractivity contribution in [2.45, 2.75) is 30.6 Å². The first-order valence-corrected chi connectivity index (χ1v) is 14.1. The molecule has 0 fully saturated rings. The third-order valence-electron chi connectivity index (χ3n) is 6.76. The van der Waals surface area contributed by atoms with E-state index in [4.69, 9.17) is 9.47 Å². The molecule has 10 heteroatoms. The van der Waals surface area contributed by atoms with Crippen molar-refractivity contribution in [3.05, 3.63) is 108 Å². The quantitative estimate of drug-likeness (QED) is 0.0563. The van der Waals surface area contributed by atoms with E-state index in [1.807, 2.05) is 36.4 Å². The fraction of sp³-hybridized carbons (Fsp3) is 0.212. The second kappa shape index (κ2) is 14.0. The highest BCUT2D eigenvalue weighted by atomic mass is 32.2. The van der Waals surface area contributed by atoms with E-state index in [9.17, 15) is 23.6 Å². The molecule has 1 atom stereocenters. The van der Waals surface area contributed by atoms with Gasteiger partial charge in [-0.3, -0.25) is 9.59 Å². The summed E-state index contributed by atoms with van der Waals surface area (Å²) in [6.45, 7) is 9.32. The maximum atomic E-state index is 14.4. The Morgan fingerprint density at radius 2 is 1.70 bits per heavy atom. The van der Waals surface area contributed by atoms with Gasteiger partial charge in [-0.15, -0.1) is 0 Å². The van der Waals surface area contributed by atoms with E-state index in [1.54, 1.807) is 0 Å². The van der Waals surface area contributed by atoms with Crippen molar-refractivity contribution in [1.29, 1.82) is 0 Å². The molecule has 0 N–H and O–H groups in total. The molecule has 222 valence electrons. The fourth-order valence-corrected chi connectivity index (χ4v) is 5.34. The molecular weight excluding hydrogens is 575 g/mol. The Bertz CT molecular complexity index is 1610. The summed E-state index contributed by atoms with van der Waals surface area (Å²) >= 11 is 0.976. The Balaban J connectivity index is 1.34. The highest BCUT2D eigenvalue weighted by molar-refractivity contribution is 8.14. The minimum Gasteiger partial charge on any atom is -0.493 e. The maximum absolute atomic E-state index is 14.4. The zero-order valence-corrected chi connectivity index (χ0v) is 24.5. The number of thioether (sulfide) groups is 1. The van der Waals surface area contributed by atoms with E-state index in [2.05, 4.69) is 29.6 Å². The summed E-state index contributed by atoms with van der Waals surface area (Å²) in [5, 5.41) is -0.361. The van der Waals surface area contributed by atoms with Crippen LogP contribution in [0, 0.1) is 5.82 Å². The van der Waals surface area contributed by atoms with E-state index in [0.29, 0.717) is 23.7 Å². The normalized spacial score (nSPS) is 12.9. The summed E-state index contributed by atoms with van der Waals surface area (Å²) in [7, 11) is 1.23. The SMILES string of the molecule is C=COC(=O)c1ccc(C(=O)Sc2ccc3c(c2)C(C)c2cc(OCCCOC(=O)C(=C)CC(=O)OC)ccc2-3)cc1F. The second-order valence-corrected chi connectivity index (χ2v) is 10.6. The molecule has 0 aromatic heterocycles. The van der Waals surface area contributed by atoms with E-state index in [1.165, 1.54) is 19.2 Å². The van der Waals surface area contributed by atoms with Gasteiger partial charge in [-0.2, -0.15) is 0 Å².